The highest BCUT2D eigenvalue weighted by Gasteiger charge is 1.95. The predicted molar refractivity (Wildman–Crippen MR) is 52.3 cm³/mol. The first-order valence-corrected chi connectivity index (χ1v) is 4.45. The van der Waals surface area contributed by atoms with Crippen LogP contribution in [0.3, 0.4) is 0 Å². The first kappa shape index (κ1) is 8.97. The first-order valence-electron chi connectivity index (χ1n) is 4.45. The van der Waals surface area contributed by atoms with E-state index in [1.807, 2.05) is 12.2 Å². The summed E-state index contributed by atoms with van der Waals surface area (Å²) in [5, 5.41) is 7.88. The molecule has 0 aromatic rings. The van der Waals surface area contributed by atoms with Crippen molar-refractivity contribution in [1.82, 2.24) is 5.53 Å². The molecule has 1 heterocycles. The average Bonchev–Trinajstić information content (AvgIpc) is 2.33. The molecule has 1 rings (SSSR count). The van der Waals surface area contributed by atoms with Gasteiger partial charge in [-0.15, -0.1) is 0 Å². The second-order valence-corrected chi connectivity index (χ2v) is 2.80. The number of unbranched alkanes of at least 4 members (excludes halogenated alkanes) is 2. The lowest BCUT2D eigenvalue weighted by molar-refractivity contribution is 0.734. The second-order valence-electron chi connectivity index (χ2n) is 2.80. The van der Waals surface area contributed by atoms with Crippen LogP contribution in [0.4, 0.5) is 0 Å². The average molecular weight is 165 g/mol. The van der Waals surface area contributed by atoms with Crippen LogP contribution >= 0.6 is 0 Å². The minimum Gasteiger partial charge on any atom is -0.198 e. The standard InChI is InChI=1S/C9H15N3/c1-2-3-4-6-9-7-5-8-10-12-11-9/h5,7-8,12H,2-4,6H2,1H3. The zero-order chi connectivity index (χ0) is 8.65. The van der Waals surface area contributed by atoms with Crippen LogP contribution in [0.2, 0.25) is 0 Å². The van der Waals surface area contributed by atoms with Gasteiger partial charge in [-0.05, 0) is 25.0 Å². The van der Waals surface area contributed by atoms with Crippen molar-refractivity contribution >= 4 is 11.9 Å². The molecule has 0 atom stereocenters. The van der Waals surface area contributed by atoms with Crippen LogP contribution in [-0.2, 0) is 0 Å². The van der Waals surface area contributed by atoms with Gasteiger partial charge in [-0.1, -0.05) is 19.8 Å². The Morgan fingerprint density at radius 1 is 1.42 bits per heavy atom. The zero-order valence-electron chi connectivity index (χ0n) is 7.45. The zero-order valence-corrected chi connectivity index (χ0v) is 7.45. The third-order valence-electron chi connectivity index (χ3n) is 1.74. The molecular formula is C9H15N3. The number of hydrogen-bond donors (Lipinski definition) is 1. The Hall–Kier alpha value is -1.12. The van der Waals surface area contributed by atoms with E-state index in [1.165, 1.54) is 19.3 Å². The molecule has 12 heavy (non-hydrogen) atoms. The molecular weight excluding hydrogens is 150 g/mol. The van der Waals surface area contributed by atoms with Crippen molar-refractivity contribution in [2.24, 2.45) is 10.2 Å². The van der Waals surface area contributed by atoms with Gasteiger partial charge >= 0.3 is 0 Å². The highest BCUT2D eigenvalue weighted by molar-refractivity contribution is 5.98. The predicted octanol–water partition coefficient (Wildman–Crippen LogP) is 2.07. The molecule has 0 aliphatic carbocycles. The van der Waals surface area contributed by atoms with Crippen molar-refractivity contribution in [1.29, 1.82) is 0 Å². The van der Waals surface area contributed by atoms with Gasteiger partial charge in [-0.2, -0.15) is 15.7 Å². The minimum absolute atomic E-state index is 1.04. The van der Waals surface area contributed by atoms with Crippen molar-refractivity contribution in [2.75, 3.05) is 0 Å². The van der Waals surface area contributed by atoms with Gasteiger partial charge in [-0.25, -0.2) is 0 Å². The molecule has 3 nitrogen and oxygen atoms in total. The molecule has 0 spiro atoms. The van der Waals surface area contributed by atoms with E-state index in [0.29, 0.717) is 0 Å². The number of hydrazone groups is 2. The third-order valence-corrected chi connectivity index (χ3v) is 1.74. The first-order chi connectivity index (χ1) is 5.93. The minimum atomic E-state index is 1.04. The SMILES string of the molecule is CCCCCC1=NNN=CC=C1. The third kappa shape index (κ3) is 3.32. The number of nitrogens with zero attached hydrogens (tertiary/aromatic N) is 2. The Labute approximate surface area is 73.2 Å². The Kier molecular flexibility index (Phi) is 4.13. The van der Waals surface area contributed by atoms with Crippen LogP contribution in [0.15, 0.2) is 22.4 Å². The van der Waals surface area contributed by atoms with Crippen molar-refractivity contribution in [3.05, 3.63) is 12.2 Å². The fraction of sp³-hybridized carbons (Fsp3) is 0.556. The topological polar surface area (TPSA) is 36.8 Å². The van der Waals surface area contributed by atoms with E-state index in [2.05, 4.69) is 22.7 Å². The summed E-state index contributed by atoms with van der Waals surface area (Å²) in [6.07, 6.45) is 10.4. The van der Waals surface area contributed by atoms with Gasteiger partial charge in [0.05, 0.1) is 5.71 Å². The summed E-state index contributed by atoms with van der Waals surface area (Å²) in [6.45, 7) is 2.20. The number of hydrogen-bond acceptors (Lipinski definition) is 3. The maximum atomic E-state index is 4.08. The van der Waals surface area contributed by atoms with Gasteiger partial charge in [0.25, 0.3) is 0 Å². The molecule has 1 aliphatic rings. The summed E-state index contributed by atoms with van der Waals surface area (Å²) in [6, 6.07) is 0. The van der Waals surface area contributed by atoms with Crippen molar-refractivity contribution in [3.63, 3.8) is 0 Å². The van der Waals surface area contributed by atoms with Gasteiger partial charge in [-0.3, -0.25) is 0 Å². The molecule has 0 saturated heterocycles. The van der Waals surface area contributed by atoms with Crippen LogP contribution in [0.1, 0.15) is 32.6 Å². The summed E-state index contributed by atoms with van der Waals surface area (Å²) in [4.78, 5) is 0. The molecule has 66 valence electrons. The molecule has 0 aromatic carbocycles. The van der Waals surface area contributed by atoms with Gasteiger partial charge in [0.15, 0.2) is 0 Å². The van der Waals surface area contributed by atoms with Crippen molar-refractivity contribution < 1.29 is 0 Å². The van der Waals surface area contributed by atoms with E-state index in [9.17, 15) is 0 Å². The van der Waals surface area contributed by atoms with E-state index in [4.69, 9.17) is 0 Å². The van der Waals surface area contributed by atoms with Crippen molar-refractivity contribution in [2.45, 2.75) is 32.6 Å². The number of allylic oxidation sites excluding steroid dienone is 2. The molecule has 0 radical (unpaired) electrons. The summed E-state index contributed by atoms with van der Waals surface area (Å²) in [5.41, 5.74) is 3.70. The van der Waals surface area contributed by atoms with Gasteiger partial charge in [0, 0.05) is 6.21 Å². The van der Waals surface area contributed by atoms with Crippen LogP contribution in [0.25, 0.3) is 0 Å². The van der Waals surface area contributed by atoms with E-state index in [-0.39, 0.29) is 0 Å². The Balaban J connectivity index is 2.27. The van der Waals surface area contributed by atoms with Gasteiger partial charge in [0.2, 0.25) is 0 Å². The highest BCUT2D eigenvalue weighted by Crippen LogP contribution is 2.02. The monoisotopic (exact) mass is 165 g/mol. The van der Waals surface area contributed by atoms with Crippen molar-refractivity contribution in [3.8, 4) is 0 Å². The molecule has 0 amide bonds. The Morgan fingerprint density at radius 2 is 2.33 bits per heavy atom. The molecule has 0 unspecified atom stereocenters. The van der Waals surface area contributed by atoms with Gasteiger partial charge < -0.3 is 0 Å². The quantitative estimate of drug-likeness (QED) is 0.636. The van der Waals surface area contributed by atoms with Crippen LogP contribution in [-0.4, -0.2) is 11.9 Å². The summed E-state index contributed by atoms with van der Waals surface area (Å²) in [5.74, 6) is 0. The molecule has 1 aliphatic heterocycles. The lowest BCUT2D eigenvalue weighted by Crippen LogP contribution is -2.00. The Morgan fingerprint density at radius 3 is 3.17 bits per heavy atom. The lowest BCUT2D eigenvalue weighted by atomic mass is 10.1. The molecule has 0 fully saturated rings. The highest BCUT2D eigenvalue weighted by atomic mass is 15.5. The molecule has 3 heteroatoms. The fourth-order valence-corrected chi connectivity index (χ4v) is 1.06. The van der Waals surface area contributed by atoms with E-state index in [1.54, 1.807) is 6.21 Å². The van der Waals surface area contributed by atoms with E-state index >= 15 is 0 Å². The smallest absolute Gasteiger partial charge is 0.0624 e. The van der Waals surface area contributed by atoms with E-state index < -0.39 is 0 Å². The number of rotatable bonds is 4. The fourth-order valence-electron chi connectivity index (χ4n) is 1.06. The Bertz CT molecular complexity index is 204. The molecule has 0 aromatic heterocycles. The normalized spacial score (nSPS) is 15.2. The second kappa shape index (κ2) is 5.52. The lowest BCUT2D eigenvalue weighted by Gasteiger charge is -1.98. The van der Waals surface area contributed by atoms with Crippen LogP contribution < -0.4 is 5.53 Å². The molecule has 1 N–H and O–H groups in total. The maximum Gasteiger partial charge on any atom is 0.0624 e. The maximum absolute atomic E-state index is 4.08. The summed E-state index contributed by atoms with van der Waals surface area (Å²) < 4.78 is 0. The summed E-state index contributed by atoms with van der Waals surface area (Å²) in [7, 11) is 0. The largest absolute Gasteiger partial charge is 0.198 e. The number of nitrogens with one attached hydrogen (secondary N) is 1. The molecule has 0 saturated carbocycles. The van der Waals surface area contributed by atoms with Crippen LogP contribution in [0.5, 0.6) is 0 Å². The van der Waals surface area contributed by atoms with E-state index in [0.717, 1.165) is 12.1 Å². The summed E-state index contributed by atoms with van der Waals surface area (Å²) >= 11 is 0. The molecule has 0 bridgehead atoms. The van der Waals surface area contributed by atoms with Crippen LogP contribution in [0, 0.1) is 0 Å². The van der Waals surface area contributed by atoms with Gasteiger partial charge in [0.1, 0.15) is 0 Å².